The van der Waals surface area contributed by atoms with E-state index in [1.807, 2.05) is 0 Å². The van der Waals surface area contributed by atoms with Gasteiger partial charge in [0.25, 0.3) is 0 Å². The first-order chi connectivity index (χ1) is 8.94. The lowest BCUT2D eigenvalue weighted by Gasteiger charge is -2.23. The molecule has 2 aliphatic rings. The highest BCUT2D eigenvalue weighted by molar-refractivity contribution is 4.89. The van der Waals surface area contributed by atoms with Crippen molar-refractivity contribution >= 4 is 0 Å². The molecule has 2 N–H and O–H groups in total. The molecule has 19 heavy (non-hydrogen) atoms. The molecule has 112 valence electrons. The van der Waals surface area contributed by atoms with Crippen molar-refractivity contribution in [2.45, 2.75) is 64.5 Å². The van der Waals surface area contributed by atoms with Gasteiger partial charge < -0.3 is 15.2 Å². The molecule has 4 atom stereocenters. The third kappa shape index (κ3) is 5.05. The first kappa shape index (κ1) is 15.3. The van der Waals surface area contributed by atoms with E-state index in [1.165, 1.54) is 32.1 Å². The standard InChI is InChI=1S/C16H31NO2/c1-16(2,3)17-10-15(18)11-19-7-6-14-9-12-4-5-13(14)8-12/h12-15,17-18H,4-11H2,1-3H3/t12-,13-,14+,15+/m1/s1. The second kappa shape index (κ2) is 6.55. The number of fused-ring (bicyclic) bond motifs is 2. The lowest BCUT2D eigenvalue weighted by atomic mass is 9.87. The fourth-order valence-corrected chi connectivity index (χ4v) is 3.67. The number of hydrogen-bond acceptors (Lipinski definition) is 3. The Morgan fingerprint density at radius 1 is 1.26 bits per heavy atom. The number of aliphatic hydroxyl groups is 1. The van der Waals surface area contributed by atoms with Crippen molar-refractivity contribution < 1.29 is 9.84 Å². The number of rotatable bonds is 7. The van der Waals surface area contributed by atoms with Crippen molar-refractivity contribution in [1.29, 1.82) is 0 Å². The highest BCUT2D eigenvalue weighted by Crippen LogP contribution is 2.49. The van der Waals surface area contributed by atoms with Gasteiger partial charge in [-0.25, -0.2) is 0 Å². The molecule has 0 aromatic rings. The fourth-order valence-electron chi connectivity index (χ4n) is 3.67. The Morgan fingerprint density at radius 2 is 2.05 bits per heavy atom. The first-order valence-electron chi connectivity index (χ1n) is 7.95. The third-order valence-electron chi connectivity index (χ3n) is 4.70. The van der Waals surface area contributed by atoms with E-state index >= 15 is 0 Å². The van der Waals surface area contributed by atoms with Crippen LogP contribution in [0.4, 0.5) is 0 Å². The van der Waals surface area contributed by atoms with Crippen molar-refractivity contribution in [3.63, 3.8) is 0 Å². The SMILES string of the molecule is CC(C)(C)NC[C@H](O)COCC[C@H]1C[C@@H]2CC[C@@H]1C2. The van der Waals surface area contributed by atoms with E-state index < -0.39 is 0 Å². The molecule has 2 rings (SSSR count). The van der Waals surface area contributed by atoms with E-state index in [-0.39, 0.29) is 11.6 Å². The Bertz CT molecular complexity index is 274. The van der Waals surface area contributed by atoms with E-state index in [0.29, 0.717) is 13.2 Å². The normalized spacial score (nSPS) is 31.9. The number of aliphatic hydroxyl groups excluding tert-OH is 1. The average Bonchev–Trinajstić information content (AvgIpc) is 2.93. The molecule has 2 fully saturated rings. The van der Waals surface area contributed by atoms with Crippen LogP contribution in [0.25, 0.3) is 0 Å². The number of ether oxygens (including phenoxy) is 1. The van der Waals surface area contributed by atoms with Gasteiger partial charge in [0.1, 0.15) is 0 Å². The summed E-state index contributed by atoms with van der Waals surface area (Å²) in [4.78, 5) is 0. The summed E-state index contributed by atoms with van der Waals surface area (Å²) in [6.07, 6.45) is 6.64. The number of hydrogen-bond donors (Lipinski definition) is 2. The summed E-state index contributed by atoms with van der Waals surface area (Å²) in [6.45, 7) is 8.21. The summed E-state index contributed by atoms with van der Waals surface area (Å²) < 4.78 is 5.64. The summed E-state index contributed by atoms with van der Waals surface area (Å²) in [6, 6.07) is 0. The number of nitrogens with one attached hydrogen (secondary N) is 1. The van der Waals surface area contributed by atoms with Gasteiger partial charge in [-0.15, -0.1) is 0 Å². The van der Waals surface area contributed by atoms with E-state index in [9.17, 15) is 5.11 Å². The van der Waals surface area contributed by atoms with Gasteiger partial charge in [0, 0.05) is 18.7 Å². The molecule has 0 heterocycles. The summed E-state index contributed by atoms with van der Waals surface area (Å²) in [5, 5.41) is 13.1. The molecular formula is C16H31NO2. The molecule has 0 radical (unpaired) electrons. The maximum Gasteiger partial charge on any atom is 0.0897 e. The maximum absolute atomic E-state index is 9.82. The minimum atomic E-state index is -0.390. The van der Waals surface area contributed by atoms with E-state index in [2.05, 4.69) is 26.1 Å². The average molecular weight is 269 g/mol. The van der Waals surface area contributed by atoms with Crippen LogP contribution in [0.2, 0.25) is 0 Å². The van der Waals surface area contributed by atoms with Gasteiger partial charge in [-0.2, -0.15) is 0 Å². The van der Waals surface area contributed by atoms with Crippen molar-refractivity contribution in [3.8, 4) is 0 Å². The molecule has 2 aliphatic carbocycles. The predicted octanol–water partition coefficient (Wildman–Crippen LogP) is 2.58. The third-order valence-corrected chi connectivity index (χ3v) is 4.70. The van der Waals surface area contributed by atoms with Crippen LogP contribution in [0.15, 0.2) is 0 Å². The second-order valence-corrected chi connectivity index (χ2v) is 7.58. The molecule has 0 aliphatic heterocycles. The van der Waals surface area contributed by atoms with Crippen LogP contribution in [0.5, 0.6) is 0 Å². The summed E-state index contributed by atoms with van der Waals surface area (Å²) in [7, 11) is 0. The molecule has 0 aromatic carbocycles. The molecule has 2 bridgehead atoms. The smallest absolute Gasteiger partial charge is 0.0897 e. The van der Waals surface area contributed by atoms with E-state index in [4.69, 9.17) is 4.74 Å². The molecule has 3 nitrogen and oxygen atoms in total. The lowest BCUT2D eigenvalue weighted by molar-refractivity contribution is 0.0265. The summed E-state index contributed by atoms with van der Waals surface area (Å²) >= 11 is 0. The largest absolute Gasteiger partial charge is 0.389 e. The van der Waals surface area contributed by atoms with Crippen molar-refractivity contribution in [2.24, 2.45) is 17.8 Å². The Hall–Kier alpha value is -0.120. The van der Waals surface area contributed by atoms with Crippen molar-refractivity contribution in [3.05, 3.63) is 0 Å². The first-order valence-corrected chi connectivity index (χ1v) is 7.95. The fraction of sp³-hybridized carbons (Fsp3) is 1.00. The van der Waals surface area contributed by atoms with Crippen molar-refractivity contribution in [1.82, 2.24) is 5.32 Å². The zero-order valence-corrected chi connectivity index (χ0v) is 12.8. The molecule has 2 saturated carbocycles. The van der Waals surface area contributed by atoms with Gasteiger partial charge in [0.15, 0.2) is 0 Å². The van der Waals surface area contributed by atoms with Gasteiger partial charge in [0.05, 0.1) is 12.7 Å². The molecule has 0 spiro atoms. The van der Waals surface area contributed by atoms with Crippen LogP contribution in [0.1, 0.15) is 52.9 Å². The Balaban J connectivity index is 1.50. The second-order valence-electron chi connectivity index (χ2n) is 7.58. The van der Waals surface area contributed by atoms with Crippen LogP contribution in [-0.4, -0.2) is 36.5 Å². The van der Waals surface area contributed by atoms with Crippen molar-refractivity contribution in [2.75, 3.05) is 19.8 Å². The van der Waals surface area contributed by atoms with Gasteiger partial charge in [0.2, 0.25) is 0 Å². The van der Waals surface area contributed by atoms with Crippen LogP contribution < -0.4 is 5.32 Å². The Kier molecular flexibility index (Phi) is 5.27. The zero-order valence-electron chi connectivity index (χ0n) is 12.8. The molecule has 0 unspecified atom stereocenters. The van der Waals surface area contributed by atoms with Crippen LogP contribution in [0.3, 0.4) is 0 Å². The predicted molar refractivity (Wildman–Crippen MR) is 78.1 cm³/mol. The van der Waals surface area contributed by atoms with Gasteiger partial charge >= 0.3 is 0 Å². The molecule has 0 saturated heterocycles. The summed E-state index contributed by atoms with van der Waals surface area (Å²) in [5.41, 5.74) is 0.0596. The monoisotopic (exact) mass is 269 g/mol. The zero-order chi connectivity index (χ0) is 13.9. The minimum Gasteiger partial charge on any atom is -0.389 e. The van der Waals surface area contributed by atoms with Crippen LogP contribution in [0, 0.1) is 17.8 Å². The summed E-state index contributed by atoms with van der Waals surface area (Å²) in [5.74, 6) is 2.92. The topological polar surface area (TPSA) is 41.5 Å². The van der Waals surface area contributed by atoms with Gasteiger partial charge in [-0.05, 0) is 64.2 Å². The van der Waals surface area contributed by atoms with E-state index in [1.54, 1.807) is 0 Å². The molecule has 0 aromatic heterocycles. The minimum absolute atomic E-state index is 0.0596. The Labute approximate surface area is 118 Å². The van der Waals surface area contributed by atoms with Gasteiger partial charge in [-0.3, -0.25) is 0 Å². The number of β-amino-alcohol motifs (C(OH)–C–C–N with tert-alkyl or cyclic N) is 1. The quantitative estimate of drug-likeness (QED) is 0.698. The van der Waals surface area contributed by atoms with Gasteiger partial charge in [-0.1, -0.05) is 6.42 Å². The van der Waals surface area contributed by atoms with Crippen LogP contribution >= 0.6 is 0 Å². The molecular weight excluding hydrogens is 238 g/mol. The maximum atomic E-state index is 9.82. The Morgan fingerprint density at radius 3 is 2.63 bits per heavy atom. The molecule has 3 heteroatoms. The molecule has 0 amide bonds. The van der Waals surface area contributed by atoms with E-state index in [0.717, 1.165) is 24.4 Å². The lowest BCUT2D eigenvalue weighted by Crippen LogP contribution is -2.42. The van der Waals surface area contributed by atoms with Crippen LogP contribution in [-0.2, 0) is 4.74 Å². The highest BCUT2D eigenvalue weighted by Gasteiger charge is 2.38. The highest BCUT2D eigenvalue weighted by atomic mass is 16.5.